The van der Waals surface area contributed by atoms with Crippen LogP contribution in [0.3, 0.4) is 0 Å². The van der Waals surface area contributed by atoms with E-state index in [0.717, 1.165) is 15.4 Å². The van der Waals surface area contributed by atoms with Crippen molar-refractivity contribution in [2.75, 3.05) is 19.6 Å². The summed E-state index contributed by atoms with van der Waals surface area (Å²) >= 11 is 1.64. The SMILES string of the molecule is Cc1ccccc1-c1ncc(CN2CCN(CC(=O)O)C(=O)[C@H]2C)s1. The van der Waals surface area contributed by atoms with E-state index in [9.17, 15) is 9.59 Å². The number of nitrogens with zero attached hydrogens (tertiary/aromatic N) is 3. The Hall–Kier alpha value is -2.25. The second-order valence-corrected chi connectivity index (χ2v) is 7.36. The first-order valence-corrected chi connectivity index (χ1v) is 9.02. The van der Waals surface area contributed by atoms with Crippen LogP contribution in [0.2, 0.25) is 0 Å². The Kier molecular flexibility index (Phi) is 5.15. The van der Waals surface area contributed by atoms with E-state index in [1.807, 2.05) is 25.3 Å². The van der Waals surface area contributed by atoms with E-state index in [4.69, 9.17) is 5.11 Å². The molecule has 1 aromatic carbocycles. The molecule has 1 saturated heterocycles. The van der Waals surface area contributed by atoms with Gasteiger partial charge in [-0.05, 0) is 19.4 Å². The van der Waals surface area contributed by atoms with Crippen LogP contribution in [0.5, 0.6) is 0 Å². The van der Waals surface area contributed by atoms with Gasteiger partial charge in [0.15, 0.2) is 0 Å². The molecule has 1 fully saturated rings. The van der Waals surface area contributed by atoms with Crippen LogP contribution in [0.1, 0.15) is 17.4 Å². The number of aryl methyl sites for hydroxylation is 1. The van der Waals surface area contributed by atoms with Crippen molar-refractivity contribution in [2.45, 2.75) is 26.4 Å². The highest BCUT2D eigenvalue weighted by molar-refractivity contribution is 7.15. The molecule has 0 spiro atoms. The lowest BCUT2D eigenvalue weighted by atomic mass is 10.1. The first kappa shape index (κ1) is 17.6. The quantitative estimate of drug-likeness (QED) is 0.886. The summed E-state index contributed by atoms with van der Waals surface area (Å²) in [6.07, 6.45) is 1.87. The monoisotopic (exact) mass is 359 g/mol. The fraction of sp³-hybridized carbons (Fsp3) is 0.389. The zero-order valence-electron chi connectivity index (χ0n) is 14.3. The molecule has 0 aliphatic carbocycles. The number of amides is 1. The van der Waals surface area contributed by atoms with Crippen molar-refractivity contribution in [2.24, 2.45) is 0 Å². The zero-order chi connectivity index (χ0) is 18.0. The molecular weight excluding hydrogens is 338 g/mol. The Labute approximate surface area is 150 Å². The molecule has 25 heavy (non-hydrogen) atoms. The van der Waals surface area contributed by atoms with Crippen LogP contribution in [0.4, 0.5) is 0 Å². The molecule has 0 saturated carbocycles. The number of hydrogen-bond acceptors (Lipinski definition) is 5. The predicted octanol–water partition coefficient (Wildman–Crippen LogP) is 2.24. The Morgan fingerprint density at radius 2 is 2.12 bits per heavy atom. The van der Waals surface area contributed by atoms with Crippen molar-refractivity contribution >= 4 is 23.2 Å². The summed E-state index contributed by atoms with van der Waals surface area (Å²) in [5.41, 5.74) is 2.32. The average molecular weight is 359 g/mol. The second kappa shape index (κ2) is 7.33. The highest BCUT2D eigenvalue weighted by Crippen LogP contribution is 2.29. The molecule has 1 aromatic heterocycles. The molecule has 0 unspecified atom stereocenters. The Balaban J connectivity index is 1.69. The highest BCUT2D eigenvalue weighted by Gasteiger charge is 2.32. The van der Waals surface area contributed by atoms with Crippen molar-refractivity contribution in [3.8, 4) is 10.6 Å². The molecule has 1 N–H and O–H groups in total. The minimum absolute atomic E-state index is 0.128. The fourth-order valence-corrected chi connectivity index (χ4v) is 4.06. The number of carboxylic acids is 1. The predicted molar refractivity (Wildman–Crippen MR) is 96.4 cm³/mol. The number of rotatable bonds is 5. The van der Waals surface area contributed by atoms with Gasteiger partial charge in [0.25, 0.3) is 0 Å². The molecule has 132 valence electrons. The topological polar surface area (TPSA) is 73.7 Å². The summed E-state index contributed by atoms with van der Waals surface area (Å²) in [7, 11) is 0. The Morgan fingerprint density at radius 1 is 1.36 bits per heavy atom. The zero-order valence-corrected chi connectivity index (χ0v) is 15.1. The van der Waals surface area contributed by atoms with Gasteiger partial charge in [0, 0.05) is 36.3 Å². The smallest absolute Gasteiger partial charge is 0.323 e. The summed E-state index contributed by atoms with van der Waals surface area (Å²) in [5, 5.41) is 9.87. The molecule has 2 heterocycles. The summed E-state index contributed by atoms with van der Waals surface area (Å²) in [5.74, 6) is -1.10. The molecule has 6 nitrogen and oxygen atoms in total. The number of carboxylic acid groups (broad SMARTS) is 1. The van der Waals surface area contributed by atoms with Crippen LogP contribution < -0.4 is 0 Å². The number of aromatic nitrogens is 1. The van der Waals surface area contributed by atoms with E-state index in [1.165, 1.54) is 10.5 Å². The average Bonchev–Trinajstić information content (AvgIpc) is 3.03. The largest absolute Gasteiger partial charge is 0.480 e. The molecule has 1 atom stereocenters. The number of carbonyl (C=O) groups is 2. The summed E-state index contributed by atoms with van der Waals surface area (Å²) in [6.45, 7) is 5.43. The molecule has 1 aliphatic rings. The summed E-state index contributed by atoms with van der Waals surface area (Å²) < 4.78 is 0. The second-order valence-electron chi connectivity index (χ2n) is 6.25. The van der Waals surface area contributed by atoms with Gasteiger partial charge in [-0.25, -0.2) is 4.98 Å². The van der Waals surface area contributed by atoms with Crippen molar-refractivity contribution in [1.29, 1.82) is 0 Å². The highest BCUT2D eigenvalue weighted by atomic mass is 32.1. The molecular formula is C18H21N3O3S. The molecule has 3 rings (SSSR count). The maximum Gasteiger partial charge on any atom is 0.323 e. The van der Waals surface area contributed by atoms with E-state index < -0.39 is 5.97 Å². The molecule has 0 radical (unpaired) electrons. The summed E-state index contributed by atoms with van der Waals surface area (Å²) in [4.78, 5) is 32.3. The first-order valence-electron chi connectivity index (χ1n) is 8.21. The van der Waals surface area contributed by atoms with Crippen LogP contribution in [0.25, 0.3) is 10.6 Å². The van der Waals surface area contributed by atoms with Gasteiger partial charge in [-0.15, -0.1) is 11.3 Å². The lowest BCUT2D eigenvalue weighted by molar-refractivity contribution is -0.150. The molecule has 1 aliphatic heterocycles. The number of thiazole rings is 1. The number of carbonyl (C=O) groups excluding carboxylic acids is 1. The van der Waals surface area contributed by atoms with Gasteiger partial charge in [0.2, 0.25) is 5.91 Å². The minimum Gasteiger partial charge on any atom is -0.480 e. The third kappa shape index (κ3) is 3.88. The number of benzene rings is 1. The number of hydrogen-bond donors (Lipinski definition) is 1. The van der Waals surface area contributed by atoms with Crippen molar-refractivity contribution in [3.05, 3.63) is 40.9 Å². The third-order valence-corrected chi connectivity index (χ3v) is 5.50. The van der Waals surface area contributed by atoms with E-state index >= 15 is 0 Å². The van der Waals surface area contributed by atoms with Crippen molar-refractivity contribution in [1.82, 2.24) is 14.8 Å². The lowest BCUT2D eigenvalue weighted by Crippen LogP contribution is -2.56. The normalized spacial score (nSPS) is 18.6. The van der Waals surface area contributed by atoms with Gasteiger partial charge in [-0.1, -0.05) is 24.3 Å². The number of aliphatic carboxylic acids is 1. The molecule has 2 aromatic rings. The van der Waals surface area contributed by atoms with Crippen LogP contribution in [0.15, 0.2) is 30.5 Å². The third-order valence-electron chi connectivity index (χ3n) is 4.49. The van der Waals surface area contributed by atoms with E-state index in [0.29, 0.717) is 19.6 Å². The van der Waals surface area contributed by atoms with Crippen molar-refractivity contribution in [3.63, 3.8) is 0 Å². The van der Waals surface area contributed by atoms with Gasteiger partial charge in [0.1, 0.15) is 11.6 Å². The molecule has 1 amide bonds. The van der Waals surface area contributed by atoms with E-state index in [1.54, 1.807) is 11.3 Å². The Morgan fingerprint density at radius 3 is 2.84 bits per heavy atom. The van der Waals surface area contributed by atoms with Gasteiger partial charge in [0.05, 0.1) is 6.04 Å². The summed E-state index contributed by atoms with van der Waals surface area (Å²) in [6, 6.07) is 7.83. The van der Waals surface area contributed by atoms with Gasteiger partial charge in [-0.3, -0.25) is 14.5 Å². The maximum absolute atomic E-state index is 12.3. The van der Waals surface area contributed by atoms with Crippen LogP contribution in [-0.4, -0.2) is 57.4 Å². The molecule has 0 bridgehead atoms. The fourth-order valence-electron chi connectivity index (χ4n) is 3.03. The standard InChI is InChI=1S/C18H21N3O3S/c1-12-5-3-4-6-15(12)17-19-9-14(25-17)10-20-7-8-21(11-16(22)23)18(24)13(20)2/h3-6,9,13H,7-8,10-11H2,1-2H3,(H,22,23)/t13-/m1/s1. The van der Waals surface area contributed by atoms with Gasteiger partial charge in [-0.2, -0.15) is 0 Å². The number of piperazine rings is 1. The van der Waals surface area contributed by atoms with Gasteiger partial charge < -0.3 is 10.0 Å². The van der Waals surface area contributed by atoms with Crippen LogP contribution >= 0.6 is 11.3 Å². The van der Waals surface area contributed by atoms with Crippen LogP contribution in [-0.2, 0) is 16.1 Å². The van der Waals surface area contributed by atoms with Crippen molar-refractivity contribution < 1.29 is 14.7 Å². The first-order chi connectivity index (χ1) is 12.0. The van der Waals surface area contributed by atoms with Gasteiger partial charge >= 0.3 is 5.97 Å². The van der Waals surface area contributed by atoms with E-state index in [2.05, 4.69) is 28.9 Å². The Bertz CT molecular complexity index is 789. The molecule has 7 heteroatoms. The van der Waals surface area contributed by atoms with E-state index in [-0.39, 0.29) is 18.5 Å². The minimum atomic E-state index is -0.973. The maximum atomic E-state index is 12.3. The lowest BCUT2D eigenvalue weighted by Gasteiger charge is -2.38. The van der Waals surface area contributed by atoms with Crippen LogP contribution in [0, 0.1) is 6.92 Å².